The topological polar surface area (TPSA) is 34.6 Å². The third kappa shape index (κ3) is 3.57. The zero-order valence-corrected chi connectivity index (χ0v) is 14.3. The minimum atomic E-state index is -0.386. The van der Waals surface area contributed by atoms with Crippen LogP contribution in [-0.2, 0) is 4.74 Å². The molecule has 0 radical (unpaired) electrons. The van der Waals surface area contributed by atoms with E-state index in [1.54, 1.807) is 12.3 Å². The van der Waals surface area contributed by atoms with Gasteiger partial charge in [-0.1, -0.05) is 0 Å². The van der Waals surface area contributed by atoms with E-state index in [0.29, 0.717) is 12.5 Å². The zero-order chi connectivity index (χ0) is 16.4. The first kappa shape index (κ1) is 16.3. The summed E-state index contributed by atoms with van der Waals surface area (Å²) < 4.78 is 25.4. The average Bonchev–Trinajstić information content (AvgIpc) is 3.33. The molecular formula is C19H27FN2O2. The predicted molar refractivity (Wildman–Crippen MR) is 89.5 cm³/mol. The Morgan fingerprint density at radius 2 is 2.12 bits per heavy atom. The fourth-order valence-electron chi connectivity index (χ4n) is 4.30. The van der Waals surface area contributed by atoms with Gasteiger partial charge in [0.2, 0.25) is 5.88 Å². The molecule has 0 aromatic carbocycles. The number of ether oxygens (including phenoxy) is 2. The molecule has 4 nitrogen and oxygen atoms in total. The number of pyridine rings is 1. The minimum absolute atomic E-state index is 0.0338. The summed E-state index contributed by atoms with van der Waals surface area (Å²) in [6, 6.07) is 2.97. The van der Waals surface area contributed by atoms with E-state index >= 15 is 0 Å². The Morgan fingerprint density at radius 1 is 1.29 bits per heavy atom. The quantitative estimate of drug-likeness (QED) is 0.800. The highest BCUT2D eigenvalue weighted by Gasteiger charge is 2.46. The number of hydrogen-bond acceptors (Lipinski definition) is 4. The van der Waals surface area contributed by atoms with E-state index in [2.05, 4.69) is 9.88 Å². The van der Waals surface area contributed by atoms with Crippen LogP contribution in [0.2, 0.25) is 0 Å². The molecule has 3 fully saturated rings. The van der Waals surface area contributed by atoms with E-state index in [-0.39, 0.29) is 17.3 Å². The van der Waals surface area contributed by atoms with Crippen LogP contribution in [0.5, 0.6) is 5.88 Å². The van der Waals surface area contributed by atoms with Gasteiger partial charge >= 0.3 is 0 Å². The fraction of sp³-hybridized carbons (Fsp3) is 0.737. The van der Waals surface area contributed by atoms with Gasteiger partial charge in [0, 0.05) is 32.4 Å². The first-order valence-corrected chi connectivity index (χ1v) is 9.35. The minimum Gasteiger partial charge on any atom is -0.476 e. The number of nitrogens with zero attached hydrogens (tertiary/aromatic N) is 2. The summed E-state index contributed by atoms with van der Waals surface area (Å²) in [6.45, 7) is 4.95. The highest BCUT2D eigenvalue weighted by Crippen LogP contribution is 2.43. The van der Waals surface area contributed by atoms with Gasteiger partial charge in [-0.05, 0) is 62.5 Å². The van der Waals surface area contributed by atoms with E-state index < -0.39 is 0 Å². The molecule has 1 spiro atoms. The largest absolute Gasteiger partial charge is 0.476 e. The predicted octanol–water partition coefficient (Wildman–Crippen LogP) is 3.27. The second kappa shape index (κ2) is 6.96. The van der Waals surface area contributed by atoms with E-state index in [4.69, 9.17) is 9.47 Å². The van der Waals surface area contributed by atoms with Crippen molar-refractivity contribution >= 4 is 0 Å². The van der Waals surface area contributed by atoms with Crippen LogP contribution >= 0.6 is 0 Å². The number of hydrogen-bond donors (Lipinski definition) is 0. The van der Waals surface area contributed by atoms with E-state index in [1.165, 1.54) is 25.5 Å². The molecule has 5 heteroatoms. The number of piperidine rings is 1. The summed E-state index contributed by atoms with van der Waals surface area (Å²) in [5, 5.41) is 0. The van der Waals surface area contributed by atoms with Gasteiger partial charge in [-0.3, -0.25) is 0 Å². The van der Waals surface area contributed by atoms with Gasteiger partial charge in [-0.15, -0.1) is 0 Å². The van der Waals surface area contributed by atoms with Crippen molar-refractivity contribution < 1.29 is 13.9 Å². The number of likely N-dealkylation sites (tertiary alicyclic amines) is 1. The molecule has 1 aromatic rings. The van der Waals surface area contributed by atoms with Crippen molar-refractivity contribution in [3.8, 4) is 5.88 Å². The van der Waals surface area contributed by atoms with Crippen LogP contribution in [0.4, 0.5) is 4.39 Å². The Bertz CT molecular complexity index is 556. The monoisotopic (exact) mass is 334 g/mol. The van der Waals surface area contributed by atoms with Crippen LogP contribution in [0, 0.1) is 17.7 Å². The molecule has 2 saturated heterocycles. The van der Waals surface area contributed by atoms with E-state index in [9.17, 15) is 4.39 Å². The summed E-state index contributed by atoms with van der Waals surface area (Å²) in [5.74, 6) is 1.21. The van der Waals surface area contributed by atoms with Crippen molar-refractivity contribution in [2.45, 2.75) is 44.1 Å². The molecule has 4 rings (SSSR count). The molecule has 1 atom stereocenters. The van der Waals surface area contributed by atoms with Crippen LogP contribution in [-0.4, -0.2) is 48.3 Å². The van der Waals surface area contributed by atoms with Gasteiger partial charge in [0.05, 0.1) is 12.2 Å². The van der Waals surface area contributed by atoms with Gasteiger partial charge in [0.25, 0.3) is 0 Å². The SMILES string of the molecule is Fc1cccnc1OCC[C@@H]1CCOC12CCN(CC1CC1)CC2. The van der Waals surface area contributed by atoms with Crippen LogP contribution in [0.3, 0.4) is 0 Å². The molecule has 1 saturated carbocycles. The average molecular weight is 334 g/mol. The van der Waals surface area contributed by atoms with E-state index in [0.717, 1.165) is 51.3 Å². The van der Waals surface area contributed by atoms with Gasteiger partial charge in [0.15, 0.2) is 5.82 Å². The summed E-state index contributed by atoms with van der Waals surface area (Å²) >= 11 is 0. The number of aromatic nitrogens is 1. The third-order valence-electron chi connectivity index (χ3n) is 5.95. The molecule has 132 valence electrons. The Hall–Kier alpha value is -1.20. The van der Waals surface area contributed by atoms with Gasteiger partial charge < -0.3 is 14.4 Å². The fourth-order valence-corrected chi connectivity index (χ4v) is 4.30. The van der Waals surface area contributed by atoms with Gasteiger partial charge in [-0.25, -0.2) is 9.37 Å². The van der Waals surface area contributed by atoms with Crippen LogP contribution in [0.15, 0.2) is 18.3 Å². The number of halogens is 1. The second-order valence-corrected chi connectivity index (χ2v) is 7.57. The van der Waals surface area contributed by atoms with Crippen molar-refractivity contribution in [3.63, 3.8) is 0 Å². The second-order valence-electron chi connectivity index (χ2n) is 7.57. The molecule has 0 unspecified atom stereocenters. The van der Waals surface area contributed by atoms with Crippen molar-refractivity contribution in [2.75, 3.05) is 32.8 Å². The molecule has 3 heterocycles. The normalized spacial score (nSPS) is 26.8. The molecule has 24 heavy (non-hydrogen) atoms. The Morgan fingerprint density at radius 3 is 2.88 bits per heavy atom. The summed E-state index contributed by atoms with van der Waals surface area (Å²) in [6.07, 6.45) is 8.67. The molecular weight excluding hydrogens is 307 g/mol. The molecule has 0 bridgehead atoms. The first-order valence-electron chi connectivity index (χ1n) is 9.35. The van der Waals surface area contributed by atoms with Crippen LogP contribution < -0.4 is 4.74 Å². The maximum absolute atomic E-state index is 13.6. The summed E-state index contributed by atoms with van der Waals surface area (Å²) in [5.41, 5.74) is 0.0338. The lowest BCUT2D eigenvalue weighted by molar-refractivity contribution is -0.0702. The van der Waals surface area contributed by atoms with Crippen molar-refractivity contribution in [1.82, 2.24) is 9.88 Å². The van der Waals surface area contributed by atoms with Crippen molar-refractivity contribution in [3.05, 3.63) is 24.1 Å². The molecule has 1 aliphatic carbocycles. The van der Waals surface area contributed by atoms with Gasteiger partial charge in [-0.2, -0.15) is 0 Å². The Labute approximate surface area is 143 Å². The molecule has 1 aromatic heterocycles. The Balaban J connectivity index is 1.28. The van der Waals surface area contributed by atoms with E-state index in [1.807, 2.05) is 0 Å². The lowest BCUT2D eigenvalue weighted by Gasteiger charge is -2.42. The highest BCUT2D eigenvalue weighted by molar-refractivity contribution is 5.12. The zero-order valence-electron chi connectivity index (χ0n) is 14.3. The summed E-state index contributed by atoms with van der Waals surface area (Å²) in [4.78, 5) is 6.57. The standard InChI is InChI=1S/C19H27FN2O2/c20-17-2-1-9-21-18(17)23-12-5-16-6-13-24-19(16)7-10-22(11-8-19)14-15-3-4-15/h1-2,9,15-16H,3-8,10-14H2/t16-/m1/s1. The number of rotatable bonds is 6. The summed E-state index contributed by atoms with van der Waals surface area (Å²) in [7, 11) is 0. The molecule has 2 aliphatic heterocycles. The molecule has 0 amide bonds. The maximum Gasteiger partial charge on any atom is 0.250 e. The first-order chi connectivity index (χ1) is 11.8. The molecule has 3 aliphatic rings. The van der Waals surface area contributed by atoms with Crippen LogP contribution in [0.25, 0.3) is 0 Å². The Kier molecular flexibility index (Phi) is 4.72. The molecule has 0 N–H and O–H groups in total. The van der Waals surface area contributed by atoms with Gasteiger partial charge in [0.1, 0.15) is 0 Å². The van der Waals surface area contributed by atoms with Crippen molar-refractivity contribution in [2.24, 2.45) is 11.8 Å². The lowest BCUT2D eigenvalue weighted by Crippen LogP contribution is -2.48. The third-order valence-corrected chi connectivity index (χ3v) is 5.95. The highest BCUT2D eigenvalue weighted by atomic mass is 19.1. The lowest BCUT2D eigenvalue weighted by atomic mass is 9.78. The smallest absolute Gasteiger partial charge is 0.250 e. The van der Waals surface area contributed by atoms with Crippen LogP contribution in [0.1, 0.15) is 38.5 Å². The van der Waals surface area contributed by atoms with Crippen molar-refractivity contribution in [1.29, 1.82) is 0 Å². The maximum atomic E-state index is 13.6.